The molecule has 138 valence electrons. The summed E-state index contributed by atoms with van der Waals surface area (Å²) in [5.74, 6) is 0.726. The van der Waals surface area contributed by atoms with Crippen molar-refractivity contribution in [1.29, 1.82) is 0 Å². The summed E-state index contributed by atoms with van der Waals surface area (Å²) in [4.78, 5) is 23.7. The number of rotatable bonds is 7. The molecule has 0 radical (unpaired) electrons. The van der Waals surface area contributed by atoms with E-state index < -0.39 is 6.04 Å². The van der Waals surface area contributed by atoms with Crippen molar-refractivity contribution in [2.45, 2.75) is 19.9 Å². The van der Waals surface area contributed by atoms with Crippen molar-refractivity contribution in [3.63, 3.8) is 0 Å². The molecule has 0 aromatic heterocycles. The monoisotopic (exact) mass is 376 g/mol. The normalized spacial score (nSPS) is 11.4. The number of amides is 1. The van der Waals surface area contributed by atoms with E-state index in [4.69, 9.17) is 21.1 Å². The van der Waals surface area contributed by atoms with Crippen molar-refractivity contribution in [1.82, 2.24) is 0 Å². The molecular formula is C19H21ClN2O4. The Labute approximate surface area is 157 Å². The number of hydrogen-bond donors (Lipinski definition) is 2. The molecule has 0 saturated heterocycles. The minimum atomic E-state index is -0.555. The van der Waals surface area contributed by atoms with Crippen molar-refractivity contribution >= 4 is 34.7 Å². The third-order valence-electron chi connectivity index (χ3n) is 3.80. The van der Waals surface area contributed by atoms with Gasteiger partial charge in [0.1, 0.15) is 17.5 Å². The molecular weight excluding hydrogens is 356 g/mol. The van der Waals surface area contributed by atoms with Gasteiger partial charge in [-0.2, -0.15) is 0 Å². The minimum Gasteiger partial charge on any atom is -0.495 e. The first kappa shape index (κ1) is 19.6. The topological polar surface area (TPSA) is 76.7 Å². The second-order valence-corrected chi connectivity index (χ2v) is 6.08. The molecule has 6 nitrogen and oxygen atoms in total. The predicted octanol–water partition coefficient (Wildman–Crippen LogP) is 4.00. The van der Waals surface area contributed by atoms with Crippen LogP contribution in [0.1, 0.15) is 24.2 Å². The van der Waals surface area contributed by atoms with Gasteiger partial charge in [-0.05, 0) is 44.2 Å². The molecule has 1 atom stereocenters. The Kier molecular flexibility index (Phi) is 6.46. The molecule has 2 rings (SSSR count). The first-order valence-electron chi connectivity index (χ1n) is 7.95. The maximum Gasteiger partial charge on any atom is 0.246 e. The van der Waals surface area contributed by atoms with Crippen LogP contribution in [0.4, 0.5) is 11.4 Å². The van der Waals surface area contributed by atoms with Gasteiger partial charge >= 0.3 is 0 Å². The summed E-state index contributed by atoms with van der Waals surface area (Å²) < 4.78 is 10.5. The summed E-state index contributed by atoms with van der Waals surface area (Å²) in [7, 11) is 3.04. The Morgan fingerprint density at radius 1 is 1.04 bits per heavy atom. The molecule has 0 bridgehead atoms. The van der Waals surface area contributed by atoms with Crippen molar-refractivity contribution in [3.8, 4) is 11.5 Å². The van der Waals surface area contributed by atoms with Gasteiger partial charge in [-0.3, -0.25) is 9.59 Å². The lowest BCUT2D eigenvalue weighted by molar-refractivity contribution is -0.116. The largest absolute Gasteiger partial charge is 0.495 e. The van der Waals surface area contributed by atoms with Crippen LogP contribution in [0.3, 0.4) is 0 Å². The SMILES string of the molecule is COc1cc(OC)c(N[C@H](C)C(=O)Nc2ccc(C(C)=O)cc2)cc1Cl. The Hall–Kier alpha value is -2.73. The molecule has 0 saturated carbocycles. The van der Waals surface area contributed by atoms with Gasteiger partial charge in [0.15, 0.2) is 5.78 Å². The number of methoxy groups -OCH3 is 2. The maximum absolute atomic E-state index is 12.4. The quantitative estimate of drug-likeness (QED) is 0.714. The molecule has 0 fully saturated rings. The lowest BCUT2D eigenvalue weighted by Crippen LogP contribution is -2.32. The fraction of sp³-hybridized carbons (Fsp3) is 0.263. The van der Waals surface area contributed by atoms with E-state index in [1.165, 1.54) is 21.1 Å². The van der Waals surface area contributed by atoms with Crippen molar-refractivity contribution in [2.75, 3.05) is 24.9 Å². The van der Waals surface area contributed by atoms with E-state index in [-0.39, 0.29) is 11.7 Å². The minimum absolute atomic E-state index is 0.0265. The Morgan fingerprint density at radius 2 is 1.65 bits per heavy atom. The number of hydrogen-bond acceptors (Lipinski definition) is 5. The van der Waals surface area contributed by atoms with Crippen LogP contribution in [0.2, 0.25) is 5.02 Å². The number of anilines is 2. The smallest absolute Gasteiger partial charge is 0.246 e. The average Bonchev–Trinajstić information content (AvgIpc) is 2.62. The predicted molar refractivity (Wildman–Crippen MR) is 103 cm³/mol. The standard InChI is InChI=1S/C19H21ClN2O4/c1-11(19(24)22-14-7-5-13(6-8-14)12(2)23)21-16-9-15(20)17(25-3)10-18(16)26-4/h5-11,21H,1-4H3,(H,22,24)/t11-/m1/s1. The van der Waals surface area contributed by atoms with Gasteiger partial charge in [0.05, 0.1) is 24.9 Å². The van der Waals surface area contributed by atoms with E-state index >= 15 is 0 Å². The zero-order valence-corrected chi connectivity index (χ0v) is 15.8. The molecule has 1 amide bonds. The van der Waals surface area contributed by atoms with Gasteiger partial charge in [-0.15, -0.1) is 0 Å². The number of benzene rings is 2. The molecule has 0 aliphatic carbocycles. The van der Waals surface area contributed by atoms with Crippen LogP contribution in [-0.4, -0.2) is 32.0 Å². The highest BCUT2D eigenvalue weighted by Gasteiger charge is 2.17. The lowest BCUT2D eigenvalue weighted by atomic mass is 10.1. The van der Waals surface area contributed by atoms with E-state index in [2.05, 4.69) is 10.6 Å². The van der Waals surface area contributed by atoms with Gasteiger partial charge < -0.3 is 20.1 Å². The van der Waals surface area contributed by atoms with Crippen molar-refractivity contribution in [3.05, 3.63) is 47.0 Å². The summed E-state index contributed by atoms with van der Waals surface area (Å²) in [6, 6.07) is 9.45. The van der Waals surface area contributed by atoms with Crippen LogP contribution < -0.4 is 20.1 Å². The molecule has 0 unspecified atom stereocenters. The fourth-order valence-corrected chi connectivity index (χ4v) is 2.55. The molecule has 0 aliphatic heterocycles. The Bertz CT molecular complexity index is 806. The van der Waals surface area contributed by atoms with Crippen LogP contribution in [0.15, 0.2) is 36.4 Å². The van der Waals surface area contributed by atoms with E-state index in [0.717, 1.165) is 0 Å². The first-order chi connectivity index (χ1) is 12.3. The number of carbonyl (C=O) groups is 2. The van der Waals surface area contributed by atoms with E-state index in [1.807, 2.05) is 0 Å². The zero-order valence-electron chi connectivity index (χ0n) is 15.1. The highest BCUT2D eigenvalue weighted by Crippen LogP contribution is 2.36. The summed E-state index contributed by atoms with van der Waals surface area (Å²) in [6.45, 7) is 3.21. The summed E-state index contributed by atoms with van der Waals surface area (Å²) in [5.41, 5.74) is 1.77. The first-order valence-corrected chi connectivity index (χ1v) is 8.33. The molecule has 2 aromatic rings. The highest BCUT2D eigenvalue weighted by atomic mass is 35.5. The summed E-state index contributed by atoms with van der Waals surface area (Å²) in [5, 5.41) is 6.27. The maximum atomic E-state index is 12.4. The van der Waals surface area contributed by atoms with Gasteiger partial charge in [-0.1, -0.05) is 11.6 Å². The van der Waals surface area contributed by atoms with Crippen LogP contribution in [0.25, 0.3) is 0 Å². The van der Waals surface area contributed by atoms with Gasteiger partial charge in [0, 0.05) is 17.3 Å². The fourth-order valence-electron chi connectivity index (χ4n) is 2.31. The molecule has 0 heterocycles. The van der Waals surface area contributed by atoms with Crippen molar-refractivity contribution < 1.29 is 19.1 Å². The molecule has 0 aliphatic rings. The third kappa shape index (κ3) is 4.67. The van der Waals surface area contributed by atoms with Crippen LogP contribution in [-0.2, 0) is 4.79 Å². The number of nitrogens with one attached hydrogen (secondary N) is 2. The number of ketones is 1. The second-order valence-electron chi connectivity index (χ2n) is 5.68. The number of carbonyl (C=O) groups excluding carboxylic acids is 2. The zero-order chi connectivity index (χ0) is 19.3. The molecule has 2 aromatic carbocycles. The van der Waals surface area contributed by atoms with Gasteiger partial charge in [0.2, 0.25) is 5.91 Å². The van der Waals surface area contributed by atoms with E-state index in [9.17, 15) is 9.59 Å². The molecule has 7 heteroatoms. The molecule has 26 heavy (non-hydrogen) atoms. The van der Waals surface area contributed by atoms with Gasteiger partial charge in [-0.25, -0.2) is 0 Å². The van der Waals surface area contributed by atoms with Crippen LogP contribution in [0.5, 0.6) is 11.5 Å². The van der Waals surface area contributed by atoms with Crippen LogP contribution >= 0.6 is 11.6 Å². The lowest BCUT2D eigenvalue weighted by Gasteiger charge is -2.18. The summed E-state index contributed by atoms with van der Waals surface area (Å²) in [6.07, 6.45) is 0. The van der Waals surface area contributed by atoms with E-state index in [1.54, 1.807) is 43.3 Å². The average molecular weight is 377 g/mol. The number of halogens is 1. The second kappa shape index (κ2) is 8.58. The highest BCUT2D eigenvalue weighted by molar-refractivity contribution is 6.32. The Morgan fingerprint density at radius 3 is 2.19 bits per heavy atom. The Balaban J connectivity index is 2.09. The molecule has 0 spiro atoms. The summed E-state index contributed by atoms with van der Waals surface area (Å²) >= 11 is 6.14. The molecule has 2 N–H and O–H groups in total. The van der Waals surface area contributed by atoms with Crippen molar-refractivity contribution in [2.24, 2.45) is 0 Å². The van der Waals surface area contributed by atoms with Crippen LogP contribution in [0, 0.1) is 0 Å². The number of ether oxygens (including phenoxy) is 2. The van der Waals surface area contributed by atoms with Gasteiger partial charge in [0.25, 0.3) is 0 Å². The van der Waals surface area contributed by atoms with E-state index in [0.29, 0.717) is 33.5 Å². The number of Topliss-reactive ketones (excluding diaryl/α,β-unsaturated/α-hetero) is 1. The third-order valence-corrected chi connectivity index (χ3v) is 4.09.